The molecule has 0 unspecified atom stereocenters. The summed E-state index contributed by atoms with van der Waals surface area (Å²) in [7, 11) is 1.64. The molecule has 0 bridgehead atoms. The molecular formula is C20H22ClNO3. The number of hydrogen-bond acceptors (Lipinski definition) is 3. The van der Waals surface area contributed by atoms with Crippen molar-refractivity contribution in [2.75, 3.05) is 13.7 Å². The molecule has 0 aliphatic rings. The molecule has 0 saturated carbocycles. The van der Waals surface area contributed by atoms with Gasteiger partial charge in [-0.2, -0.15) is 0 Å². The zero-order chi connectivity index (χ0) is 18.1. The Morgan fingerprint density at radius 1 is 1.00 bits per heavy atom. The van der Waals surface area contributed by atoms with Crippen molar-refractivity contribution in [2.24, 2.45) is 0 Å². The molecule has 5 heteroatoms. The van der Waals surface area contributed by atoms with Gasteiger partial charge in [-0.25, -0.2) is 0 Å². The van der Waals surface area contributed by atoms with E-state index in [-0.39, 0.29) is 24.5 Å². The van der Waals surface area contributed by atoms with Crippen molar-refractivity contribution in [3.8, 4) is 5.75 Å². The van der Waals surface area contributed by atoms with E-state index in [9.17, 15) is 9.59 Å². The number of ether oxygens (including phenoxy) is 1. The third-order valence-electron chi connectivity index (χ3n) is 3.87. The van der Waals surface area contributed by atoms with Gasteiger partial charge in [-0.15, -0.1) is 0 Å². The summed E-state index contributed by atoms with van der Waals surface area (Å²) >= 11 is 5.79. The van der Waals surface area contributed by atoms with Crippen molar-refractivity contribution in [1.82, 2.24) is 5.32 Å². The number of Topliss-reactive ketones (excluding diaryl/α,β-unsaturated/α-hetero) is 1. The number of benzene rings is 2. The summed E-state index contributed by atoms with van der Waals surface area (Å²) in [5.74, 6) is 0.685. The van der Waals surface area contributed by atoms with Crippen LogP contribution in [0, 0.1) is 0 Å². The monoisotopic (exact) mass is 359 g/mol. The number of ketones is 1. The van der Waals surface area contributed by atoms with Crippen LogP contribution in [0.25, 0.3) is 0 Å². The van der Waals surface area contributed by atoms with Crippen molar-refractivity contribution in [3.05, 3.63) is 64.7 Å². The molecule has 0 heterocycles. The zero-order valence-electron chi connectivity index (χ0n) is 14.3. The van der Waals surface area contributed by atoms with Crippen molar-refractivity contribution in [2.45, 2.75) is 25.7 Å². The third kappa shape index (κ3) is 6.59. The van der Waals surface area contributed by atoms with Crippen LogP contribution in [-0.4, -0.2) is 25.3 Å². The van der Waals surface area contributed by atoms with E-state index >= 15 is 0 Å². The second-order valence-electron chi connectivity index (χ2n) is 5.73. The normalized spacial score (nSPS) is 10.3. The van der Waals surface area contributed by atoms with Gasteiger partial charge in [0.2, 0.25) is 5.91 Å². The zero-order valence-corrected chi connectivity index (χ0v) is 15.0. The van der Waals surface area contributed by atoms with E-state index in [4.69, 9.17) is 16.3 Å². The molecule has 0 aromatic heterocycles. The van der Waals surface area contributed by atoms with E-state index in [1.54, 1.807) is 31.4 Å². The quantitative estimate of drug-likeness (QED) is 0.542. The highest BCUT2D eigenvalue weighted by molar-refractivity contribution is 6.30. The molecule has 1 amide bonds. The molecule has 25 heavy (non-hydrogen) atoms. The first-order chi connectivity index (χ1) is 12.1. The predicted octanol–water partition coefficient (Wildman–Crippen LogP) is 4.06. The third-order valence-corrected chi connectivity index (χ3v) is 4.12. The van der Waals surface area contributed by atoms with Gasteiger partial charge >= 0.3 is 0 Å². The molecular weight excluding hydrogens is 338 g/mol. The molecule has 0 aliphatic carbocycles. The van der Waals surface area contributed by atoms with E-state index in [0.717, 1.165) is 18.6 Å². The lowest BCUT2D eigenvalue weighted by Gasteiger charge is -2.06. The van der Waals surface area contributed by atoms with E-state index in [1.165, 1.54) is 5.56 Å². The van der Waals surface area contributed by atoms with Crippen molar-refractivity contribution in [1.29, 1.82) is 0 Å². The number of methoxy groups -OCH3 is 1. The molecule has 2 aromatic carbocycles. The standard InChI is InChI=1S/C20H22ClNO3/c1-25-18-10-4-15(5-11-18)3-2-14-22-20(24)13-12-19(23)16-6-8-17(21)9-7-16/h4-11H,2-3,12-14H2,1H3,(H,22,24). The molecule has 0 radical (unpaired) electrons. The van der Waals surface area contributed by atoms with Crippen molar-refractivity contribution in [3.63, 3.8) is 0 Å². The van der Waals surface area contributed by atoms with E-state index in [2.05, 4.69) is 5.32 Å². The lowest BCUT2D eigenvalue weighted by Crippen LogP contribution is -2.25. The van der Waals surface area contributed by atoms with Crippen molar-refractivity contribution < 1.29 is 14.3 Å². The van der Waals surface area contributed by atoms with Crippen LogP contribution in [0.5, 0.6) is 5.75 Å². The maximum absolute atomic E-state index is 12.0. The largest absolute Gasteiger partial charge is 0.497 e. The topological polar surface area (TPSA) is 55.4 Å². The van der Waals surface area contributed by atoms with Gasteiger partial charge in [-0.3, -0.25) is 9.59 Å². The van der Waals surface area contributed by atoms with Crippen LogP contribution < -0.4 is 10.1 Å². The molecule has 0 spiro atoms. The van der Waals surface area contributed by atoms with Gasteiger partial charge in [0.25, 0.3) is 0 Å². The second kappa shape index (κ2) is 9.84. The Morgan fingerprint density at radius 2 is 1.68 bits per heavy atom. The lowest BCUT2D eigenvalue weighted by atomic mass is 10.1. The second-order valence-corrected chi connectivity index (χ2v) is 6.17. The molecule has 0 saturated heterocycles. The van der Waals surface area contributed by atoms with Gasteiger partial charge < -0.3 is 10.1 Å². The van der Waals surface area contributed by atoms with Gasteiger partial charge in [-0.05, 0) is 54.8 Å². The molecule has 2 aromatic rings. The molecule has 4 nitrogen and oxygen atoms in total. The Morgan fingerprint density at radius 3 is 2.32 bits per heavy atom. The minimum absolute atomic E-state index is 0.0509. The number of rotatable bonds is 9. The van der Waals surface area contributed by atoms with Gasteiger partial charge in [0.1, 0.15) is 5.75 Å². The maximum Gasteiger partial charge on any atom is 0.220 e. The summed E-state index contributed by atoms with van der Waals surface area (Å²) in [5, 5.41) is 3.44. The number of carbonyl (C=O) groups excluding carboxylic acids is 2. The van der Waals surface area contributed by atoms with Crippen LogP contribution >= 0.6 is 11.6 Å². The number of carbonyl (C=O) groups is 2. The Labute approximate surface area is 153 Å². The van der Waals surface area contributed by atoms with Gasteiger partial charge in [-0.1, -0.05) is 23.7 Å². The van der Waals surface area contributed by atoms with E-state index < -0.39 is 0 Å². The molecule has 2 rings (SSSR count). The van der Waals surface area contributed by atoms with Crippen LogP contribution in [0.3, 0.4) is 0 Å². The predicted molar refractivity (Wildman–Crippen MR) is 99.3 cm³/mol. The Kier molecular flexibility index (Phi) is 7.48. The molecule has 0 fully saturated rings. The average molecular weight is 360 g/mol. The van der Waals surface area contributed by atoms with E-state index in [1.807, 2.05) is 24.3 Å². The number of hydrogen-bond donors (Lipinski definition) is 1. The van der Waals surface area contributed by atoms with Crippen LogP contribution in [0.15, 0.2) is 48.5 Å². The number of nitrogens with one attached hydrogen (secondary N) is 1. The number of amides is 1. The summed E-state index contributed by atoms with van der Waals surface area (Å²) in [5.41, 5.74) is 1.78. The highest BCUT2D eigenvalue weighted by Gasteiger charge is 2.09. The van der Waals surface area contributed by atoms with Crippen LogP contribution in [-0.2, 0) is 11.2 Å². The lowest BCUT2D eigenvalue weighted by molar-refractivity contribution is -0.121. The van der Waals surface area contributed by atoms with Crippen LogP contribution in [0.1, 0.15) is 35.2 Å². The van der Waals surface area contributed by atoms with Gasteiger partial charge in [0.15, 0.2) is 5.78 Å². The Balaban J connectivity index is 1.63. The minimum Gasteiger partial charge on any atom is -0.497 e. The fourth-order valence-corrected chi connectivity index (χ4v) is 2.53. The van der Waals surface area contributed by atoms with E-state index in [0.29, 0.717) is 17.1 Å². The Bertz CT molecular complexity index is 696. The molecule has 0 atom stereocenters. The highest BCUT2D eigenvalue weighted by Crippen LogP contribution is 2.13. The highest BCUT2D eigenvalue weighted by atomic mass is 35.5. The average Bonchev–Trinajstić information content (AvgIpc) is 2.64. The number of halogens is 1. The fraction of sp³-hybridized carbons (Fsp3) is 0.300. The first kappa shape index (κ1) is 19.0. The summed E-state index contributed by atoms with van der Waals surface area (Å²) in [6, 6.07) is 14.6. The molecule has 132 valence electrons. The summed E-state index contributed by atoms with van der Waals surface area (Å²) in [6.45, 7) is 0.597. The van der Waals surface area contributed by atoms with Gasteiger partial charge in [0, 0.05) is 30.0 Å². The first-order valence-corrected chi connectivity index (χ1v) is 8.64. The van der Waals surface area contributed by atoms with Crippen LogP contribution in [0.4, 0.5) is 0 Å². The van der Waals surface area contributed by atoms with Crippen molar-refractivity contribution >= 4 is 23.3 Å². The number of aryl methyl sites for hydroxylation is 1. The first-order valence-electron chi connectivity index (χ1n) is 8.27. The molecule has 1 N–H and O–H groups in total. The Hall–Kier alpha value is -2.33. The fourth-order valence-electron chi connectivity index (χ4n) is 2.41. The SMILES string of the molecule is COc1ccc(CCCNC(=O)CCC(=O)c2ccc(Cl)cc2)cc1. The summed E-state index contributed by atoms with van der Waals surface area (Å²) < 4.78 is 5.12. The van der Waals surface area contributed by atoms with Crippen LogP contribution in [0.2, 0.25) is 5.02 Å². The summed E-state index contributed by atoms with van der Waals surface area (Å²) in [4.78, 5) is 23.8. The summed E-state index contributed by atoms with van der Waals surface area (Å²) in [6.07, 6.45) is 2.13. The smallest absolute Gasteiger partial charge is 0.220 e. The maximum atomic E-state index is 12.0. The molecule has 0 aliphatic heterocycles. The minimum atomic E-state index is -0.1000. The van der Waals surface area contributed by atoms with Gasteiger partial charge in [0.05, 0.1) is 7.11 Å².